The maximum Gasteiger partial charge on any atom is 0.163 e. The molecule has 0 aliphatic rings. The van der Waals surface area contributed by atoms with Gasteiger partial charge < -0.3 is 10.1 Å². The minimum absolute atomic E-state index is 0.240. The van der Waals surface area contributed by atoms with Crippen molar-refractivity contribution < 1.29 is 4.39 Å². The standard InChI is InChI=1S/C8H7BrFN3/c9-5-1-2-13-4-12-6(3-11)8(13)7(5)10/h1-2,4H,3,11H2. The Labute approximate surface area is 82.5 Å². The van der Waals surface area contributed by atoms with Crippen molar-refractivity contribution in [3.8, 4) is 0 Å². The lowest BCUT2D eigenvalue weighted by Crippen LogP contribution is -1.99. The van der Waals surface area contributed by atoms with Crippen molar-refractivity contribution in [2.45, 2.75) is 6.54 Å². The second kappa shape index (κ2) is 3.08. The molecule has 5 heteroatoms. The van der Waals surface area contributed by atoms with Crippen molar-refractivity contribution >= 4 is 21.4 Å². The number of imidazole rings is 1. The van der Waals surface area contributed by atoms with Crippen LogP contribution in [0.5, 0.6) is 0 Å². The van der Waals surface area contributed by atoms with Crippen molar-refractivity contribution in [1.82, 2.24) is 9.38 Å². The van der Waals surface area contributed by atoms with Crippen LogP contribution in [0, 0.1) is 5.82 Å². The highest BCUT2D eigenvalue weighted by Gasteiger charge is 2.10. The van der Waals surface area contributed by atoms with Crippen LogP contribution in [0.15, 0.2) is 23.1 Å². The van der Waals surface area contributed by atoms with Crippen molar-refractivity contribution in [1.29, 1.82) is 0 Å². The lowest BCUT2D eigenvalue weighted by atomic mass is 10.3. The molecule has 0 aliphatic heterocycles. The van der Waals surface area contributed by atoms with Crippen LogP contribution in [-0.4, -0.2) is 9.38 Å². The van der Waals surface area contributed by atoms with Gasteiger partial charge in [0.1, 0.15) is 5.52 Å². The van der Waals surface area contributed by atoms with Gasteiger partial charge in [0, 0.05) is 12.7 Å². The van der Waals surface area contributed by atoms with Gasteiger partial charge in [0.05, 0.1) is 16.5 Å². The summed E-state index contributed by atoms with van der Waals surface area (Å²) in [6.45, 7) is 0.240. The Morgan fingerprint density at radius 1 is 1.62 bits per heavy atom. The molecule has 0 saturated carbocycles. The fraction of sp³-hybridized carbons (Fsp3) is 0.125. The summed E-state index contributed by atoms with van der Waals surface area (Å²) < 4.78 is 15.6. The molecule has 0 amide bonds. The van der Waals surface area contributed by atoms with Gasteiger partial charge >= 0.3 is 0 Å². The highest BCUT2D eigenvalue weighted by atomic mass is 79.9. The van der Waals surface area contributed by atoms with Crippen LogP contribution in [0.4, 0.5) is 4.39 Å². The van der Waals surface area contributed by atoms with Crippen molar-refractivity contribution in [2.24, 2.45) is 5.73 Å². The minimum atomic E-state index is -0.319. The average molecular weight is 244 g/mol. The summed E-state index contributed by atoms with van der Waals surface area (Å²) in [5, 5.41) is 0. The zero-order valence-corrected chi connectivity index (χ0v) is 8.25. The van der Waals surface area contributed by atoms with Gasteiger partial charge in [0.15, 0.2) is 5.82 Å². The fourth-order valence-corrected chi connectivity index (χ4v) is 1.54. The third-order valence-corrected chi connectivity index (χ3v) is 2.47. The van der Waals surface area contributed by atoms with E-state index in [0.717, 1.165) is 0 Å². The third-order valence-electron chi connectivity index (χ3n) is 1.86. The molecule has 0 bridgehead atoms. The monoisotopic (exact) mass is 243 g/mol. The fourth-order valence-electron chi connectivity index (χ4n) is 1.23. The molecule has 3 nitrogen and oxygen atoms in total. The number of aromatic nitrogens is 2. The molecule has 0 atom stereocenters. The summed E-state index contributed by atoms with van der Waals surface area (Å²) in [5.41, 5.74) is 6.43. The van der Waals surface area contributed by atoms with E-state index >= 15 is 0 Å². The molecule has 0 spiro atoms. The van der Waals surface area contributed by atoms with Crippen LogP contribution in [0.25, 0.3) is 5.52 Å². The first-order valence-corrected chi connectivity index (χ1v) is 4.53. The zero-order chi connectivity index (χ0) is 9.42. The zero-order valence-electron chi connectivity index (χ0n) is 6.67. The van der Waals surface area contributed by atoms with Crippen LogP contribution in [0.1, 0.15) is 5.69 Å². The number of fused-ring (bicyclic) bond motifs is 1. The predicted molar refractivity (Wildman–Crippen MR) is 50.7 cm³/mol. The first kappa shape index (κ1) is 8.65. The number of nitrogens with zero attached hydrogens (tertiary/aromatic N) is 2. The largest absolute Gasteiger partial charge is 0.325 e. The van der Waals surface area contributed by atoms with Crippen LogP contribution >= 0.6 is 15.9 Å². The Kier molecular flexibility index (Phi) is 2.05. The molecule has 13 heavy (non-hydrogen) atoms. The molecular formula is C8H7BrFN3. The summed E-state index contributed by atoms with van der Waals surface area (Å²) in [7, 11) is 0. The van der Waals surface area contributed by atoms with E-state index in [1.54, 1.807) is 23.0 Å². The maximum absolute atomic E-state index is 13.5. The predicted octanol–water partition coefficient (Wildman–Crippen LogP) is 1.69. The topological polar surface area (TPSA) is 43.3 Å². The minimum Gasteiger partial charge on any atom is -0.325 e. The van der Waals surface area contributed by atoms with E-state index < -0.39 is 0 Å². The second-order valence-corrected chi connectivity index (χ2v) is 3.48. The Bertz CT molecular complexity index is 452. The first-order chi connectivity index (χ1) is 6.24. The Morgan fingerprint density at radius 2 is 2.38 bits per heavy atom. The Morgan fingerprint density at radius 3 is 3.08 bits per heavy atom. The molecule has 0 saturated heterocycles. The summed E-state index contributed by atoms with van der Waals surface area (Å²) in [5.74, 6) is -0.319. The van der Waals surface area contributed by atoms with E-state index in [2.05, 4.69) is 20.9 Å². The first-order valence-electron chi connectivity index (χ1n) is 3.73. The van der Waals surface area contributed by atoms with Crippen molar-refractivity contribution in [2.75, 3.05) is 0 Å². The molecule has 0 radical (unpaired) electrons. The van der Waals surface area contributed by atoms with E-state index in [0.29, 0.717) is 15.7 Å². The van der Waals surface area contributed by atoms with Crippen LogP contribution in [0.2, 0.25) is 0 Å². The Hall–Kier alpha value is -0.940. The Balaban J connectivity index is 2.85. The number of rotatable bonds is 1. The maximum atomic E-state index is 13.5. The van der Waals surface area contributed by atoms with Crippen molar-refractivity contribution in [3.05, 3.63) is 34.6 Å². The van der Waals surface area contributed by atoms with Gasteiger partial charge in [-0.2, -0.15) is 0 Å². The van der Waals surface area contributed by atoms with Crippen LogP contribution in [0.3, 0.4) is 0 Å². The summed E-state index contributed by atoms with van der Waals surface area (Å²) in [6.07, 6.45) is 3.28. The average Bonchev–Trinajstić information content (AvgIpc) is 2.55. The SMILES string of the molecule is NCc1ncn2ccc(Br)c(F)c12. The van der Waals surface area contributed by atoms with Crippen LogP contribution in [-0.2, 0) is 6.54 Å². The highest BCUT2D eigenvalue weighted by Crippen LogP contribution is 2.21. The molecule has 2 rings (SSSR count). The molecule has 0 aliphatic carbocycles. The van der Waals surface area contributed by atoms with E-state index in [1.165, 1.54) is 0 Å². The van der Waals surface area contributed by atoms with Crippen LogP contribution < -0.4 is 5.73 Å². The normalized spacial score (nSPS) is 11.0. The number of nitrogens with two attached hydrogens (primary N) is 1. The lowest BCUT2D eigenvalue weighted by Gasteiger charge is -1.99. The van der Waals surface area contributed by atoms with Gasteiger partial charge in [-0.3, -0.25) is 0 Å². The number of pyridine rings is 1. The van der Waals surface area contributed by atoms with Gasteiger partial charge in [-0.1, -0.05) is 0 Å². The molecule has 0 unspecified atom stereocenters. The molecule has 2 heterocycles. The molecule has 0 aromatic carbocycles. The number of hydrogen-bond donors (Lipinski definition) is 1. The van der Waals surface area contributed by atoms with Gasteiger partial charge in [-0.05, 0) is 22.0 Å². The molecule has 2 N–H and O–H groups in total. The van der Waals surface area contributed by atoms with E-state index in [-0.39, 0.29) is 12.4 Å². The van der Waals surface area contributed by atoms with E-state index in [1.807, 2.05) is 0 Å². The second-order valence-electron chi connectivity index (χ2n) is 2.63. The van der Waals surface area contributed by atoms with Gasteiger partial charge in [0.25, 0.3) is 0 Å². The summed E-state index contributed by atoms with van der Waals surface area (Å²) in [4.78, 5) is 3.99. The molecule has 2 aromatic rings. The molecule has 2 aromatic heterocycles. The van der Waals surface area contributed by atoms with E-state index in [9.17, 15) is 4.39 Å². The van der Waals surface area contributed by atoms with Gasteiger partial charge in [0.2, 0.25) is 0 Å². The highest BCUT2D eigenvalue weighted by molar-refractivity contribution is 9.10. The third kappa shape index (κ3) is 1.24. The smallest absolute Gasteiger partial charge is 0.163 e. The quantitative estimate of drug-likeness (QED) is 0.829. The lowest BCUT2D eigenvalue weighted by molar-refractivity contribution is 0.625. The summed E-state index contributed by atoms with van der Waals surface area (Å²) >= 11 is 3.11. The van der Waals surface area contributed by atoms with E-state index in [4.69, 9.17) is 5.73 Å². The molecular weight excluding hydrogens is 237 g/mol. The van der Waals surface area contributed by atoms with Gasteiger partial charge in [-0.15, -0.1) is 0 Å². The van der Waals surface area contributed by atoms with Crippen molar-refractivity contribution in [3.63, 3.8) is 0 Å². The molecule has 68 valence electrons. The number of halogens is 2. The summed E-state index contributed by atoms with van der Waals surface area (Å²) in [6, 6.07) is 1.63. The molecule has 0 fully saturated rings. The number of hydrogen-bond acceptors (Lipinski definition) is 2. The van der Waals surface area contributed by atoms with Gasteiger partial charge in [-0.25, -0.2) is 9.37 Å².